The van der Waals surface area contributed by atoms with E-state index in [0.29, 0.717) is 18.2 Å². The molecule has 0 bridgehead atoms. The molecule has 4 N–H and O–H groups in total. The number of nitrogens with two attached hydrogens (primary N) is 1. The number of carboxylic acid groups (broad SMARTS) is 1. The van der Waals surface area contributed by atoms with Gasteiger partial charge in [-0.3, -0.25) is 4.79 Å². The van der Waals surface area contributed by atoms with Crippen LogP contribution in [0.2, 0.25) is 0 Å². The summed E-state index contributed by atoms with van der Waals surface area (Å²) in [7, 11) is 0. The van der Waals surface area contributed by atoms with Crippen LogP contribution in [-0.4, -0.2) is 30.1 Å². The lowest BCUT2D eigenvalue weighted by Gasteiger charge is -2.11. The van der Waals surface area contributed by atoms with E-state index >= 15 is 0 Å². The van der Waals surface area contributed by atoms with Crippen LogP contribution in [0.4, 0.5) is 5.69 Å². The summed E-state index contributed by atoms with van der Waals surface area (Å²) in [6.45, 7) is 4.25. The molecule has 1 rings (SSSR count). The predicted octanol–water partition coefficient (Wildman–Crippen LogP) is 1.12. The summed E-state index contributed by atoms with van der Waals surface area (Å²) in [4.78, 5) is 22.4. The first kappa shape index (κ1) is 14.8. The highest BCUT2D eigenvalue weighted by Gasteiger charge is 2.13. The minimum atomic E-state index is -1.13. The van der Waals surface area contributed by atoms with E-state index in [1.807, 2.05) is 13.8 Å². The Bertz CT molecular complexity index is 472. The zero-order valence-corrected chi connectivity index (χ0v) is 11.0. The summed E-state index contributed by atoms with van der Waals surface area (Å²) in [6, 6.07) is 4.20. The van der Waals surface area contributed by atoms with Gasteiger partial charge in [-0.2, -0.15) is 0 Å². The summed E-state index contributed by atoms with van der Waals surface area (Å²) in [5.74, 6) is -0.997. The Labute approximate surface area is 111 Å². The number of carboxylic acids is 1. The van der Waals surface area contributed by atoms with Crippen LogP contribution >= 0.6 is 0 Å². The average Bonchev–Trinajstić information content (AvgIpc) is 2.33. The van der Waals surface area contributed by atoms with E-state index in [2.05, 4.69) is 5.32 Å². The van der Waals surface area contributed by atoms with Crippen LogP contribution in [-0.2, 0) is 4.79 Å². The number of aromatic carboxylic acids is 1. The number of amides is 1. The third-order valence-corrected chi connectivity index (χ3v) is 2.30. The molecule has 0 aliphatic heterocycles. The Balaban J connectivity index is 2.64. The first-order valence-electron chi connectivity index (χ1n) is 5.92. The van der Waals surface area contributed by atoms with Crippen LogP contribution in [0.1, 0.15) is 24.2 Å². The summed E-state index contributed by atoms with van der Waals surface area (Å²) in [5.41, 5.74) is 5.91. The van der Waals surface area contributed by atoms with E-state index in [1.165, 1.54) is 18.2 Å². The molecule has 0 aromatic heterocycles. The third-order valence-electron chi connectivity index (χ3n) is 2.30. The Morgan fingerprint density at radius 1 is 1.42 bits per heavy atom. The first-order valence-corrected chi connectivity index (χ1v) is 5.92. The van der Waals surface area contributed by atoms with E-state index < -0.39 is 5.97 Å². The van der Waals surface area contributed by atoms with Gasteiger partial charge in [-0.05, 0) is 18.1 Å². The highest BCUT2D eigenvalue weighted by molar-refractivity contribution is 5.91. The van der Waals surface area contributed by atoms with Gasteiger partial charge in [0.25, 0.3) is 5.91 Å². The second-order valence-electron chi connectivity index (χ2n) is 4.55. The number of ether oxygens (including phenoxy) is 1. The van der Waals surface area contributed by atoms with Gasteiger partial charge >= 0.3 is 5.97 Å². The predicted molar refractivity (Wildman–Crippen MR) is 71.2 cm³/mol. The van der Waals surface area contributed by atoms with E-state index in [0.717, 1.165) is 0 Å². The number of benzene rings is 1. The van der Waals surface area contributed by atoms with Crippen LogP contribution < -0.4 is 15.8 Å². The lowest BCUT2D eigenvalue weighted by Crippen LogP contribution is -2.31. The van der Waals surface area contributed by atoms with Crippen LogP contribution in [0.15, 0.2) is 18.2 Å². The molecule has 6 nitrogen and oxygen atoms in total. The third kappa shape index (κ3) is 4.87. The fraction of sp³-hybridized carbons (Fsp3) is 0.385. The van der Waals surface area contributed by atoms with Gasteiger partial charge in [-0.15, -0.1) is 0 Å². The highest BCUT2D eigenvalue weighted by Crippen LogP contribution is 2.21. The first-order chi connectivity index (χ1) is 8.90. The van der Waals surface area contributed by atoms with Crippen molar-refractivity contribution in [2.24, 2.45) is 5.92 Å². The molecule has 104 valence electrons. The van der Waals surface area contributed by atoms with Crippen LogP contribution in [0.3, 0.4) is 0 Å². The quantitative estimate of drug-likeness (QED) is 0.670. The Kier molecular flexibility index (Phi) is 5.17. The van der Waals surface area contributed by atoms with Gasteiger partial charge in [0.2, 0.25) is 0 Å². The van der Waals surface area contributed by atoms with Crippen LogP contribution in [0.25, 0.3) is 0 Å². The number of anilines is 1. The lowest BCUT2D eigenvalue weighted by atomic mass is 10.2. The monoisotopic (exact) mass is 266 g/mol. The van der Waals surface area contributed by atoms with Crippen molar-refractivity contribution in [1.29, 1.82) is 0 Å². The number of nitrogens with one attached hydrogen (secondary N) is 1. The molecule has 0 fully saturated rings. The van der Waals surface area contributed by atoms with Gasteiger partial charge in [-0.1, -0.05) is 13.8 Å². The van der Waals surface area contributed by atoms with Crippen molar-refractivity contribution in [1.82, 2.24) is 5.32 Å². The molecule has 1 amide bonds. The fourth-order valence-electron chi connectivity index (χ4n) is 1.35. The van der Waals surface area contributed by atoms with Crippen molar-refractivity contribution in [3.05, 3.63) is 23.8 Å². The molecule has 0 radical (unpaired) electrons. The van der Waals surface area contributed by atoms with E-state index in [9.17, 15) is 9.59 Å². The molecule has 0 spiro atoms. The number of hydrogen-bond donors (Lipinski definition) is 3. The van der Waals surface area contributed by atoms with Crippen molar-refractivity contribution in [3.8, 4) is 5.75 Å². The van der Waals surface area contributed by atoms with Gasteiger partial charge in [0, 0.05) is 18.3 Å². The number of carbonyl (C=O) groups excluding carboxylic acids is 1. The zero-order valence-electron chi connectivity index (χ0n) is 11.0. The second kappa shape index (κ2) is 6.63. The zero-order chi connectivity index (χ0) is 14.4. The lowest BCUT2D eigenvalue weighted by molar-refractivity contribution is -0.123. The molecule has 0 unspecified atom stereocenters. The molecule has 1 aromatic rings. The molecule has 1 aromatic carbocycles. The Hall–Kier alpha value is -2.24. The van der Waals surface area contributed by atoms with Crippen molar-refractivity contribution < 1.29 is 19.4 Å². The largest absolute Gasteiger partial charge is 0.483 e. The van der Waals surface area contributed by atoms with E-state index in [4.69, 9.17) is 15.6 Å². The van der Waals surface area contributed by atoms with E-state index in [1.54, 1.807) is 0 Å². The van der Waals surface area contributed by atoms with Gasteiger partial charge in [0.05, 0.1) is 0 Å². The van der Waals surface area contributed by atoms with Crippen molar-refractivity contribution >= 4 is 17.6 Å². The minimum Gasteiger partial charge on any atom is -0.483 e. The molecule has 0 aliphatic rings. The smallest absolute Gasteiger partial charge is 0.339 e. The highest BCUT2D eigenvalue weighted by atomic mass is 16.5. The Morgan fingerprint density at radius 3 is 2.68 bits per heavy atom. The second-order valence-corrected chi connectivity index (χ2v) is 4.55. The minimum absolute atomic E-state index is 0.0224. The Morgan fingerprint density at radius 2 is 2.11 bits per heavy atom. The SMILES string of the molecule is CC(C)CNC(=O)COc1cc(N)ccc1C(=O)O. The molecule has 0 atom stereocenters. The summed E-state index contributed by atoms with van der Waals surface area (Å²) < 4.78 is 5.20. The molecule has 0 aliphatic carbocycles. The standard InChI is InChI=1S/C13H18N2O4/c1-8(2)6-15-12(16)7-19-11-5-9(14)3-4-10(11)13(17)18/h3-5,8H,6-7,14H2,1-2H3,(H,15,16)(H,17,18). The maximum Gasteiger partial charge on any atom is 0.339 e. The number of rotatable bonds is 6. The van der Waals surface area contributed by atoms with Crippen LogP contribution in [0, 0.1) is 5.92 Å². The number of hydrogen-bond acceptors (Lipinski definition) is 4. The normalized spacial score (nSPS) is 10.3. The van der Waals surface area contributed by atoms with Gasteiger partial charge < -0.3 is 20.9 Å². The van der Waals surface area contributed by atoms with Gasteiger partial charge in [0.1, 0.15) is 11.3 Å². The topological polar surface area (TPSA) is 102 Å². The van der Waals surface area contributed by atoms with Gasteiger partial charge in [-0.25, -0.2) is 4.79 Å². The summed E-state index contributed by atoms with van der Waals surface area (Å²) >= 11 is 0. The average molecular weight is 266 g/mol. The molecule has 0 saturated heterocycles. The molecular formula is C13H18N2O4. The van der Waals surface area contributed by atoms with E-state index in [-0.39, 0.29) is 23.8 Å². The van der Waals surface area contributed by atoms with Crippen LogP contribution in [0.5, 0.6) is 5.75 Å². The van der Waals surface area contributed by atoms with Gasteiger partial charge in [0.15, 0.2) is 6.61 Å². The van der Waals surface area contributed by atoms with Crippen molar-refractivity contribution in [2.75, 3.05) is 18.9 Å². The molecule has 0 heterocycles. The molecular weight excluding hydrogens is 248 g/mol. The number of nitrogen functional groups attached to an aromatic ring is 1. The van der Waals surface area contributed by atoms with Crippen molar-refractivity contribution in [2.45, 2.75) is 13.8 Å². The fourth-order valence-corrected chi connectivity index (χ4v) is 1.35. The molecule has 0 saturated carbocycles. The summed E-state index contributed by atoms with van der Waals surface area (Å²) in [5, 5.41) is 11.6. The maximum atomic E-state index is 11.5. The number of carbonyl (C=O) groups is 2. The molecule has 19 heavy (non-hydrogen) atoms. The van der Waals surface area contributed by atoms with Crippen molar-refractivity contribution in [3.63, 3.8) is 0 Å². The maximum absolute atomic E-state index is 11.5. The molecule has 6 heteroatoms. The summed E-state index contributed by atoms with van der Waals surface area (Å²) in [6.07, 6.45) is 0.